The van der Waals surface area contributed by atoms with Crippen LogP contribution in [0.25, 0.3) is 11.0 Å². The minimum absolute atomic E-state index is 0. The molecule has 2 heterocycles. The summed E-state index contributed by atoms with van der Waals surface area (Å²) in [6, 6.07) is 5.54. The molecule has 1 unspecified atom stereocenters. The SMILES string of the molecule is Cl.Cl.NC(=O)c1cccc2[nH]c(C3CNCCN3)nc12. The van der Waals surface area contributed by atoms with Crippen LogP contribution in [-0.4, -0.2) is 35.5 Å². The van der Waals surface area contributed by atoms with E-state index in [0.717, 1.165) is 31.0 Å². The predicted octanol–water partition coefficient (Wildman–Crippen LogP) is 0.739. The number of primary amides is 1. The lowest BCUT2D eigenvalue weighted by atomic mass is 10.2. The van der Waals surface area contributed by atoms with E-state index in [-0.39, 0.29) is 30.9 Å². The number of hydrogen-bond acceptors (Lipinski definition) is 4. The van der Waals surface area contributed by atoms with Crippen LogP contribution in [0.2, 0.25) is 0 Å². The Hall–Kier alpha value is -1.34. The highest BCUT2D eigenvalue weighted by Crippen LogP contribution is 2.19. The highest BCUT2D eigenvalue weighted by atomic mass is 35.5. The number of fused-ring (bicyclic) bond motifs is 1. The molecule has 8 heteroatoms. The fraction of sp³-hybridized carbons (Fsp3) is 0.333. The number of imidazole rings is 1. The van der Waals surface area contributed by atoms with E-state index in [1.807, 2.05) is 6.07 Å². The highest BCUT2D eigenvalue weighted by molar-refractivity contribution is 6.04. The number of rotatable bonds is 2. The number of carbonyl (C=O) groups excluding carboxylic acids is 1. The second-order valence-corrected chi connectivity index (χ2v) is 4.40. The van der Waals surface area contributed by atoms with Gasteiger partial charge in [0.05, 0.1) is 17.1 Å². The number of carbonyl (C=O) groups is 1. The molecule has 0 spiro atoms. The average Bonchev–Trinajstić information content (AvgIpc) is 2.83. The fourth-order valence-corrected chi connectivity index (χ4v) is 2.26. The zero-order valence-electron chi connectivity index (χ0n) is 10.7. The molecule has 1 aliphatic heterocycles. The van der Waals surface area contributed by atoms with Gasteiger partial charge >= 0.3 is 0 Å². The number of benzene rings is 1. The minimum atomic E-state index is -0.451. The van der Waals surface area contributed by atoms with Gasteiger partial charge < -0.3 is 21.4 Å². The van der Waals surface area contributed by atoms with Gasteiger partial charge in [-0.25, -0.2) is 4.98 Å². The van der Waals surface area contributed by atoms with Gasteiger partial charge in [0.15, 0.2) is 0 Å². The molecule has 0 bridgehead atoms. The average molecular weight is 318 g/mol. The number of hydrogen-bond donors (Lipinski definition) is 4. The van der Waals surface area contributed by atoms with E-state index in [9.17, 15) is 4.79 Å². The Morgan fingerprint density at radius 2 is 2.10 bits per heavy atom. The van der Waals surface area contributed by atoms with E-state index < -0.39 is 5.91 Å². The lowest BCUT2D eigenvalue weighted by molar-refractivity contribution is 0.100. The standard InChI is InChI=1S/C12H15N5O.2ClH/c13-11(18)7-2-1-3-8-10(7)17-12(16-8)9-6-14-4-5-15-9;;/h1-3,9,14-15H,4-6H2,(H2,13,18)(H,16,17);2*1H. The third kappa shape index (κ3) is 3.04. The maximum absolute atomic E-state index is 11.3. The molecule has 110 valence electrons. The first kappa shape index (κ1) is 16.7. The van der Waals surface area contributed by atoms with Gasteiger partial charge in [0.1, 0.15) is 11.3 Å². The molecule has 5 N–H and O–H groups in total. The summed E-state index contributed by atoms with van der Waals surface area (Å²) in [4.78, 5) is 19.1. The lowest BCUT2D eigenvalue weighted by Crippen LogP contribution is -2.43. The summed E-state index contributed by atoms with van der Waals surface area (Å²) in [6.07, 6.45) is 0. The zero-order valence-corrected chi connectivity index (χ0v) is 12.3. The summed E-state index contributed by atoms with van der Waals surface area (Å²) in [5.41, 5.74) is 7.29. The molecule has 1 aromatic carbocycles. The van der Waals surface area contributed by atoms with Crippen LogP contribution in [0.4, 0.5) is 0 Å². The van der Waals surface area contributed by atoms with Crippen molar-refractivity contribution in [3.8, 4) is 0 Å². The molecule has 20 heavy (non-hydrogen) atoms. The first-order chi connectivity index (χ1) is 8.75. The fourth-order valence-electron chi connectivity index (χ4n) is 2.26. The van der Waals surface area contributed by atoms with Gasteiger partial charge in [0.25, 0.3) is 5.91 Å². The second kappa shape index (κ2) is 6.90. The van der Waals surface area contributed by atoms with Gasteiger partial charge in [0, 0.05) is 19.6 Å². The summed E-state index contributed by atoms with van der Waals surface area (Å²) in [6.45, 7) is 2.69. The van der Waals surface area contributed by atoms with Crippen molar-refractivity contribution in [2.45, 2.75) is 6.04 Å². The van der Waals surface area contributed by atoms with Gasteiger partial charge in [-0.15, -0.1) is 24.8 Å². The lowest BCUT2D eigenvalue weighted by Gasteiger charge is -2.22. The maximum Gasteiger partial charge on any atom is 0.250 e. The molecule has 0 radical (unpaired) electrons. The van der Waals surface area contributed by atoms with Gasteiger partial charge in [-0.05, 0) is 12.1 Å². The molecule has 1 aliphatic rings. The third-order valence-corrected chi connectivity index (χ3v) is 3.17. The Morgan fingerprint density at radius 1 is 1.30 bits per heavy atom. The molecule has 2 aromatic rings. The zero-order chi connectivity index (χ0) is 12.5. The molecular weight excluding hydrogens is 301 g/mol. The van der Waals surface area contributed by atoms with E-state index in [4.69, 9.17) is 5.73 Å². The van der Waals surface area contributed by atoms with Crippen LogP contribution in [0.15, 0.2) is 18.2 Å². The van der Waals surface area contributed by atoms with Crippen molar-refractivity contribution in [3.05, 3.63) is 29.6 Å². The molecule has 1 aromatic heterocycles. The normalized spacial score (nSPS) is 18.1. The van der Waals surface area contributed by atoms with Crippen molar-refractivity contribution >= 4 is 41.8 Å². The maximum atomic E-state index is 11.3. The molecular formula is C12H17Cl2N5O. The summed E-state index contributed by atoms with van der Waals surface area (Å²) in [5.74, 6) is 0.388. The molecule has 1 atom stereocenters. The molecule has 3 rings (SSSR count). The topological polar surface area (TPSA) is 95.8 Å². The van der Waals surface area contributed by atoms with E-state index in [0.29, 0.717) is 11.1 Å². The monoisotopic (exact) mass is 317 g/mol. The molecule has 0 saturated carbocycles. The Bertz CT molecular complexity index is 595. The smallest absolute Gasteiger partial charge is 0.250 e. The number of piperazine rings is 1. The van der Waals surface area contributed by atoms with Gasteiger partial charge in [-0.1, -0.05) is 6.07 Å². The first-order valence-electron chi connectivity index (χ1n) is 5.98. The summed E-state index contributed by atoms with van der Waals surface area (Å²) in [5, 5.41) is 6.67. The van der Waals surface area contributed by atoms with Crippen molar-refractivity contribution in [1.29, 1.82) is 0 Å². The molecule has 1 saturated heterocycles. The molecule has 1 amide bonds. The summed E-state index contributed by atoms with van der Waals surface area (Å²) in [7, 11) is 0. The Balaban J connectivity index is 0.000001000. The van der Waals surface area contributed by atoms with Crippen LogP contribution in [0.5, 0.6) is 0 Å². The first-order valence-corrected chi connectivity index (χ1v) is 5.98. The Kier molecular flexibility index (Phi) is 5.76. The molecule has 1 fully saturated rings. The number of amides is 1. The number of nitrogens with one attached hydrogen (secondary N) is 3. The second-order valence-electron chi connectivity index (χ2n) is 4.40. The number of aromatic nitrogens is 2. The quantitative estimate of drug-likeness (QED) is 0.657. The van der Waals surface area contributed by atoms with Crippen LogP contribution in [-0.2, 0) is 0 Å². The van der Waals surface area contributed by atoms with Gasteiger partial charge in [-0.2, -0.15) is 0 Å². The minimum Gasteiger partial charge on any atom is -0.366 e. The van der Waals surface area contributed by atoms with E-state index >= 15 is 0 Å². The number of aromatic amines is 1. The number of H-pyrrole nitrogens is 1. The predicted molar refractivity (Wildman–Crippen MR) is 82.7 cm³/mol. The number of nitrogens with two attached hydrogens (primary N) is 1. The van der Waals surface area contributed by atoms with Crippen molar-refractivity contribution in [3.63, 3.8) is 0 Å². The van der Waals surface area contributed by atoms with Crippen molar-refractivity contribution in [2.75, 3.05) is 19.6 Å². The van der Waals surface area contributed by atoms with Gasteiger partial charge in [0.2, 0.25) is 0 Å². The van der Waals surface area contributed by atoms with E-state index in [2.05, 4.69) is 20.6 Å². The van der Waals surface area contributed by atoms with Crippen LogP contribution in [0.1, 0.15) is 22.2 Å². The molecule has 0 aliphatic carbocycles. The largest absolute Gasteiger partial charge is 0.366 e. The Labute approximate surface area is 128 Å². The van der Waals surface area contributed by atoms with Crippen molar-refractivity contribution in [2.24, 2.45) is 5.73 Å². The van der Waals surface area contributed by atoms with Crippen LogP contribution in [0.3, 0.4) is 0 Å². The van der Waals surface area contributed by atoms with E-state index in [1.54, 1.807) is 12.1 Å². The van der Waals surface area contributed by atoms with E-state index in [1.165, 1.54) is 0 Å². The van der Waals surface area contributed by atoms with Gasteiger partial charge in [-0.3, -0.25) is 4.79 Å². The van der Waals surface area contributed by atoms with Crippen LogP contribution in [0, 0.1) is 0 Å². The van der Waals surface area contributed by atoms with Crippen molar-refractivity contribution in [1.82, 2.24) is 20.6 Å². The summed E-state index contributed by atoms with van der Waals surface area (Å²) < 4.78 is 0. The third-order valence-electron chi connectivity index (χ3n) is 3.17. The number of halogens is 2. The summed E-state index contributed by atoms with van der Waals surface area (Å²) >= 11 is 0. The molecule has 6 nitrogen and oxygen atoms in total. The number of para-hydroxylation sites is 1. The highest BCUT2D eigenvalue weighted by Gasteiger charge is 2.19. The van der Waals surface area contributed by atoms with Crippen LogP contribution >= 0.6 is 24.8 Å². The van der Waals surface area contributed by atoms with Crippen molar-refractivity contribution < 1.29 is 4.79 Å². The number of nitrogens with zero attached hydrogens (tertiary/aromatic N) is 1. The Morgan fingerprint density at radius 3 is 2.75 bits per heavy atom. The van der Waals surface area contributed by atoms with Crippen LogP contribution < -0.4 is 16.4 Å².